The van der Waals surface area contributed by atoms with Crippen LogP contribution in [0.5, 0.6) is 5.75 Å². The molecule has 2 aliphatic rings. The Labute approximate surface area is 199 Å². The number of alkyl halides is 2. The highest BCUT2D eigenvalue weighted by molar-refractivity contribution is 6.02. The Morgan fingerprint density at radius 1 is 1.20 bits per heavy atom. The van der Waals surface area contributed by atoms with Gasteiger partial charge in [-0.15, -0.1) is 0 Å². The van der Waals surface area contributed by atoms with Gasteiger partial charge < -0.3 is 15.4 Å². The Kier molecular flexibility index (Phi) is 4.77. The minimum absolute atomic E-state index is 0.0454. The molecule has 2 N–H and O–H groups in total. The topological polar surface area (TPSA) is 104 Å². The summed E-state index contributed by atoms with van der Waals surface area (Å²) in [5.74, 6) is 0.302. The summed E-state index contributed by atoms with van der Waals surface area (Å²) >= 11 is 0. The normalized spacial score (nSPS) is 16.4. The van der Waals surface area contributed by atoms with E-state index in [0.717, 1.165) is 12.8 Å². The van der Waals surface area contributed by atoms with E-state index in [9.17, 15) is 13.6 Å². The van der Waals surface area contributed by atoms with E-state index in [1.54, 1.807) is 45.7 Å². The van der Waals surface area contributed by atoms with Gasteiger partial charge in [0, 0.05) is 31.4 Å². The molecule has 180 valence electrons. The van der Waals surface area contributed by atoms with Crippen LogP contribution in [0.2, 0.25) is 0 Å². The number of ether oxygens (including phenoxy) is 1. The summed E-state index contributed by atoms with van der Waals surface area (Å²) < 4.78 is 34.7. The smallest absolute Gasteiger partial charge is 0.387 e. The van der Waals surface area contributed by atoms with Crippen LogP contribution in [0.3, 0.4) is 0 Å². The molecule has 1 fully saturated rings. The van der Waals surface area contributed by atoms with E-state index < -0.39 is 6.61 Å². The molecule has 1 aliphatic carbocycles. The van der Waals surface area contributed by atoms with Crippen molar-refractivity contribution in [3.63, 3.8) is 0 Å². The van der Waals surface area contributed by atoms with E-state index in [4.69, 9.17) is 15.5 Å². The van der Waals surface area contributed by atoms with Gasteiger partial charge in [-0.25, -0.2) is 9.97 Å². The van der Waals surface area contributed by atoms with Gasteiger partial charge in [0.25, 0.3) is 5.91 Å². The third-order valence-electron chi connectivity index (χ3n) is 6.79. The molecule has 1 amide bonds. The maximum atomic E-state index is 13.3. The van der Waals surface area contributed by atoms with Crippen molar-refractivity contribution in [3.05, 3.63) is 47.8 Å². The van der Waals surface area contributed by atoms with Crippen LogP contribution in [-0.2, 0) is 13.6 Å². The summed E-state index contributed by atoms with van der Waals surface area (Å²) in [6.45, 7) is -0.698. The molecule has 11 heteroatoms. The molecular formula is C24H23F2N7O2. The molecule has 35 heavy (non-hydrogen) atoms. The summed E-state index contributed by atoms with van der Waals surface area (Å²) in [5, 5.41) is 4.19. The summed E-state index contributed by atoms with van der Waals surface area (Å²) in [4.78, 5) is 24.0. The zero-order valence-corrected chi connectivity index (χ0v) is 19.2. The largest absolute Gasteiger partial charge is 0.434 e. The molecule has 4 heterocycles. The second-order valence-electron chi connectivity index (χ2n) is 9.11. The van der Waals surface area contributed by atoms with Crippen LogP contribution in [-0.4, -0.2) is 47.8 Å². The van der Waals surface area contributed by atoms with Crippen LogP contribution in [0.1, 0.15) is 35.7 Å². The van der Waals surface area contributed by atoms with Gasteiger partial charge in [-0.2, -0.15) is 13.9 Å². The van der Waals surface area contributed by atoms with Crippen molar-refractivity contribution in [2.75, 3.05) is 5.73 Å². The number of pyridine rings is 1. The molecule has 0 bridgehead atoms. The maximum absolute atomic E-state index is 13.3. The summed E-state index contributed by atoms with van der Waals surface area (Å²) in [7, 11) is 1.79. The van der Waals surface area contributed by atoms with E-state index in [2.05, 4.69) is 10.1 Å². The van der Waals surface area contributed by atoms with Crippen LogP contribution >= 0.6 is 0 Å². The van der Waals surface area contributed by atoms with Crippen molar-refractivity contribution in [1.82, 2.24) is 29.2 Å². The summed E-state index contributed by atoms with van der Waals surface area (Å²) in [6, 6.07) is 6.85. The number of aryl methyl sites for hydroxylation is 1. The molecule has 0 saturated heterocycles. The Bertz CT molecular complexity index is 1470. The Morgan fingerprint density at radius 3 is 2.69 bits per heavy atom. The molecule has 9 nitrogen and oxygen atoms in total. The molecule has 1 aliphatic heterocycles. The first-order chi connectivity index (χ1) is 16.8. The molecule has 0 unspecified atom stereocenters. The quantitative estimate of drug-likeness (QED) is 0.452. The number of rotatable bonds is 6. The highest BCUT2D eigenvalue weighted by Crippen LogP contribution is 2.42. The highest BCUT2D eigenvalue weighted by Gasteiger charge is 2.40. The number of anilines is 1. The van der Waals surface area contributed by atoms with Crippen molar-refractivity contribution < 1.29 is 18.3 Å². The minimum atomic E-state index is -3.06. The number of halogens is 2. The van der Waals surface area contributed by atoms with Gasteiger partial charge in [-0.1, -0.05) is 0 Å². The van der Waals surface area contributed by atoms with E-state index in [1.165, 1.54) is 6.07 Å². The van der Waals surface area contributed by atoms with E-state index >= 15 is 0 Å². The second kappa shape index (κ2) is 7.76. The number of imidazole rings is 1. The molecule has 1 aromatic carbocycles. The number of hydrogen-bond acceptors (Lipinski definition) is 6. The first-order valence-corrected chi connectivity index (χ1v) is 11.4. The fourth-order valence-electron chi connectivity index (χ4n) is 4.85. The molecule has 1 saturated carbocycles. The molecule has 0 spiro atoms. The van der Waals surface area contributed by atoms with Crippen LogP contribution in [0, 0.1) is 5.92 Å². The first kappa shape index (κ1) is 21.5. The SMILES string of the molecule is C[C@@H](C1CC1)N1Cc2cc(-c3ccc4nc(N)n(-c5cnn(C)c5)c4n3)cc(OC(F)F)c2C1=O. The number of nitrogens with two attached hydrogens (primary N) is 1. The number of hydrogen-bond donors (Lipinski definition) is 1. The van der Waals surface area contributed by atoms with Gasteiger partial charge in [0.15, 0.2) is 5.65 Å². The number of nitrogens with zero attached hydrogens (tertiary/aromatic N) is 6. The Morgan fingerprint density at radius 2 is 2.00 bits per heavy atom. The van der Waals surface area contributed by atoms with Crippen LogP contribution in [0.4, 0.5) is 14.7 Å². The first-order valence-electron chi connectivity index (χ1n) is 11.4. The van der Waals surface area contributed by atoms with E-state index in [-0.39, 0.29) is 29.2 Å². The molecule has 4 aromatic rings. The van der Waals surface area contributed by atoms with Gasteiger partial charge in [-0.05, 0) is 55.5 Å². The van der Waals surface area contributed by atoms with Gasteiger partial charge >= 0.3 is 6.61 Å². The lowest BCUT2D eigenvalue weighted by Gasteiger charge is -2.24. The van der Waals surface area contributed by atoms with Gasteiger partial charge in [0.1, 0.15) is 11.3 Å². The number of nitrogen functional groups attached to an aromatic ring is 1. The number of benzene rings is 1. The fraction of sp³-hybridized carbons (Fsp3) is 0.333. The van der Waals surface area contributed by atoms with E-state index in [1.807, 2.05) is 13.0 Å². The minimum Gasteiger partial charge on any atom is -0.434 e. The van der Waals surface area contributed by atoms with Crippen LogP contribution in [0.25, 0.3) is 28.1 Å². The molecule has 0 radical (unpaired) electrons. The lowest BCUT2D eigenvalue weighted by atomic mass is 10.0. The van der Waals surface area contributed by atoms with Crippen LogP contribution < -0.4 is 10.5 Å². The van der Waals surface area contributed by atoms with Gasteiger partial charge in [-0.3, -0.25) is 14.0 Å². The predicted octanol–water partition coefficient (Wildman–Crippen LogP) is 3.76. The Hall–Kier alpha value is -4.02. The molecular weight excluding hydrogens is 456 g/mol. The van der Waals surface area contributed by atoms with Gasteiger partial charge in [0.05, 0.1) is 23.1 Å². The van der Waals surface area contributed by atoms with E-state index in [0.29, 0.717) is 46.1 Å². The average molecular weight is 479 g/mol. The number of amides is 1. The molecule has 6 rings (SSSR count). The lowest BCUT2D eigenvalue weighted by molar-refractivity contribution is -0.0501. The summed E-state index contributed by atoms with van der Waals surface area (Å²) in [6.07, 6.45) is 5.59. The lowest BCUT2D eigenvalue weighted by Crippen LogP contribution is -2.34. The summed E-state index contributed by atoms with van der Waals surface area (Å²) in [5.41, 5.74) is 9.87. The number of aromatic nitrogens is 5. The number of fused-ring (bicyclic) bond motifs is 2. The van der Waals surface area contributed by atoms with Crippen molar-refractivity contribution in [1.29, 1.82) is 0 Å². The molecule has 3 aromatic heterocycles. The van der Waals surface area contributed by atoms with Crippen molar-refractivity contribution in [2.24, 2.45) is 13.0 Å². The average Bonchev–Trinajstić information content (AvgIpc) is 3.38. The zero-order chi connectivity index (χ0) is 24.4. The van der Waals surface area contributed by atoms with Crippen LogP contribution in [0.15, 0.2) is 36.7 Å². The zero-order valence-electron chi connectivity index (χ0n) is 19.2. The van der Waals surface area contributed by atoms with Crippen molar-refractivity contribution >= 4 is 23.0 Å². The monoisotopic (exact) mass is 479 g/mol. The Balaban J connectivity index is 1.46. The molecule has 1 atom stereocenters. The number of carbonyl (C=O) groups excluding carboxylic acids is 1. The third-order valence-corrected chi connectivity index (χ3v) is 6.79. The second-order valence-corrected chi connectivity index (χ2v) is 9.11. The number of carbonyl (C=O) groups is 1. The van der Waals surface area contributed by atoms with Crippen molar-refractivity contribution in [3.8, 4) is 22.7 Å². The maximum Gasteiger partial charge on any atom is 0.387 e. The van der Waals surface area contributed by atoms with Gasteiger partial charge in [0.2, 0.25) is 5.95 Å². The highest BCUT2D eigenvalue weighted by atomic mass is 19.3. The standard InChI is InChI=1S/C24H23F2N7O2/c1-12(13-3-4-13)32-10-15-7-14(8-19(35-23(25)26)20(15)22(32)34)17-5-6-18-21(29-17)33(24(27)30-18)16-9-28-31(2)11-16/h5-9,11-13,23H,3-4,10H2,1-2H3,(H2,27,30)/t12-/m0/s1. The fourth-order valence-corrected chi connectivity index (χ4v) is 4.85. The van der Waals surface area contributed by atoms with Crippen molar-refractivity contribution in [2.45, 2.75) is 39.0 Å². The predicted molar refractivity (Wildman–Crippen MR) is 124 cm³/mol. The third kappa shape index (κ3) is 3.58.